The Hall–Kier alpha value is -2.04. The standard InChI is InChI=1S/C20H23NO3/c1-11-12(2)19-17(13(3)18(11)21)16(10-24-19)14-4-6-15(7-5-14)20-22-8-9-23-20/h4-7,16,20H,8-10,21H2,1-3H3. The van der Waals surface area contributed by atoms with Crippen molar-refractivity contribution in [3.63, 3.8) is 0 Å². The third-order valence-electron chi connectivity index (χ3n) is 5.34. The van der Waals surface area contributed by atoms with Crippen molar-refractivity contribution in [1.82, 2.24) is 0 Å². The molecular formula is C20H23NO3. The van der Waals surface area contributed by atoms with Gasteiger partial charge in [0.25, 0.3) is 0 Å². The lowest BCUT2D eigenvalue weighted by Gasteiger charge is -2.17. The molecule has 24 heavy (non-hydrogen) atoms. The van der Waals surface area contributed by atoms with E-state index in [1.807, 2.05) is 0 Å². The van der Waals surface area contributed by atoms with E-state index in [9.17, 15) is 0 Å². The average Bonchev–Trinajstić information content (AvgIpc) is 3.28. The predicted molar refractivity (Wildman–Crippen MR) is 93.5 cm³/mol. The molecule has 0 spiro atoms. The number of ether oxygens (including phenoxy) is 3. The van der Waals surface area contributed by atoms with Crippen LogP contribution in [0.4, 0.5) is 5.69 Å². The molecule has 0 aromatic heterocycles. The second-order valence-corrected chi connectivity index (χ2v) is 6.64. The summed E-state index contributed by atoms with van der Waals surface area (Å²) >= 11 is 0. The van der Waals surface area contributed by atoms with Crippen LogP contribution in [0.2, 0.25) is 0 Å². The van der Waals surface area contributed by atoms with Crippen molar-refractivity contribution >= 4 is 5.69 Å². The van der Waals surface area contributed by atoms with Crippen LogP contribution in [0.25, 0.3) is 0 Å². The minimum Gasteiger partial charge on any atom is -0.492 e. The first kappa shape index (κ1) is 15.5. The van der Waals surface area contributed by atoms with Gasteiger partial charge in [-0.2, -0.15) is 0 Å². The molecule has 2 aromatic carbocycles. The largest absolute Gasteiger partial charge is 0.492 e. The molecule has 2 heterocycles. The average molecular weight is 325 g/mol. The van der Waals surface area contributed by atoms with Crippen LogP contribution in [0.3, 0.4) is 0 Å². The molecule has 1 unspecified atom stereocenters. The van der Waals surface area contributed by atoms with Gasteiger partial charge in [-0.3, -0.25) is 0 Å². The normalized spacial score (nSPS) is 20.2. The third-order valence-corrected chi connectivity index (χ3v) is 5.34. The highest BCUT2D eigenvalue weighted by Gasteiger charge is 2.31. The minimum atomic E-state index is -0.228. The Balaban J connectivity index is 1.71. The zero-order valence-electron chi connectivity index (χ0n) is 14.4. The number of nitrogens with two attached hydrogens (primary N) is 1. The van der Waals surface area contributed by atoms with Crippen LogP contribution in [0.5, 0.6) is 5.75 Å². The van der Waals surface area contributed by atoms with Gasteiger partial charge in [0.05, 0.1) is 19.8 Å². The van der Waals surface area contributed by atoms with Crippen molar-refractivity contribution in [3.05, 3.63) is 57.6 Å². The summed E-state index contributed by atoms with van der Waals surface area (Å²) in [5.41, 5.74) is 14.1. The van der Waals surface area contributed by atoms with E-state index in [-0.39, 0.29) is 12.2 Å². The van der Waals surface area contributed by atoms with E-state index < -0.39 is 0 Å². The number of hydrogen-bond donors (Lipinski definition) is 1. The molecule has 1 saturated heterocycles. The first-order valence-corrected chi connectivity index (χ1v) is 8.43. The van der Waals surface area contributed by atoms with Gasteiger partial charge < -0.3 is 19.9 Å². The quantitative estimate of drug-likeness (QED) is 0.854. The molecule has 0 bridgehead atoms. The van der Waals surface area contributed by atoms with Crippen LogP contribution in [-0.2, 0) is 9.47 Å². The molecule has 2 N–H and O–H groups in total. The van der Waals surface area contributed by atoms with Gasteiger partial charge in [0.1, 0.15) is 5.75 Å². The van der Waals surface area contributed by atoms with E-state index in [0.29, 0.717) is 19.8 Å². The summed E-state index contributed by atoms with van der Waals surface area (Å²) in [5, 5.41) is 0. The first-order chi connectivity index (χ1) is 11.6. The molecule has 0 aliphatic carbocycles. The molecule has 4 heteroatoms. The molecule has 0 amide bonds. The van der Waals surface area contributed by atoms with Crippen LogP contribution >= 0.6 is 0 Å². The van der Waals surface area contributed by atoms with Crippen molar-refractivity contribution in [1.29, 1.82) is 0 Å². The second kappa shape index (κ2) is 5.80. The van der Waals surface area contributed by atoms with Crippen molar-refractivity contribution in [2.24, 2.45) is 0 Å². The van der Waals surface area contributed by atoms with Gasteiger partial charge in [-0.25, -0.2) is 0 Å². The number of rotatable bonds is 2. The fraction of sp³-hybridized carbons (Fsp3) is 0.400. The van der Waals surface area contributed by atoms with Crippen molar-refractivity contribution < 1.29 is 14.2 Å². The van der Waals surface area contributed by atoms with Crippen LogP contribution in [0, 0.1) is 20.8 Å². The van der Waals surface area contributed by atoms with Gasteiger partial charge in [-0.05, 0) is 43.0 Å². The van der Waals surface area contributed by atoms with Crippen molar-refractivity contribution in [2.45, 2.75) is 33.0 Å². The first-order valence-electron chi connectivity index (χ1n) is 8.43. The summed E-state index contributed by atoms with van der Waals surface area (Å²) in [6, 6.07) is 8.47. The van der Waals surface area contributed by atoms with Crippen LogP contribution in [0.15, 0.2) is 24.3 Å². The van der Waals surface area contributed by atoms with E-state index in [0.717, 1.165) is 33.7 Å². The SMILES string of the molecule is Cc1c(C)c2c(c(C)c1N)C(c1ccc(C3OCCO3)cc1)CO2. The Morgan fingerprint density at radius 3 is 2.17 bits per heavy atom. The second-order valence-electron chi connectivity index (χ2n) is 6.64. The highest BCUT2D eigenvalue weighted by atomic mass is 16.7. The molecular weight excluding hydrogens is 302 g/mol. The number of anilines is 1. The number of benzene rings is 2. The van der Waals surface area contributed by atoms with Crippen LogP contribution < -0.4 is 10.5 Å². The molecule has 2 aliphatic rings. The van der Waals surface area contributed by atoms with Gasteiger partial charge in [-0.1, -0.05) is 24.3 Å². The summed E-state index contributed by atoms with van der Waals surface area (Å²) in [4.78, 5) is 0. The Morgan fingerprint density at radius 1 is 0.875 bits per heavy atom. The lowest BCUT2D eigenvalue weighted by atomic mass is 9.86. The summed E-state index contributed by atoms with van der Waals surface area (Å²) in [6.45, 7) is 8.22. The highest BCUT2D eigenvalue weighted by molar-refractivity contribution is 5.68. The maximum Gasteiger partial charge on any atom is 0.184 e. The molecule has 2 aliphatic heterocycles. The van der Waals surface area contributed by atoms with Gasteiger partial charge in [0.15, 0.2) is 6.29 Å². The monoisotopic (exact) mass is 325 g/mol. The van der Waals surface area contributed by atoms with Gasteiger partial charge in [0, 0.05) is 22.7 Å². The van der Waals surface area contributed by atoms with E-state index in [1.165, 1.54) is 11.1 Å². The lowest BCUT2D eigenvalue weighted by molar-refractivity contribution is -0.0441. The van der Waals surface area contributed by atoms with E-state index >= 15 is 0 Å². The highest BCUT2D eigenvalue weighted by Crippen LogP contribution is 2.46. The zero-order valence-corrected chi connectivity index (χ0v) is 14.4. The molecule has 0 saturated carbocycles. The topological polar surface area (TPSA) is 53.7 Å². The van der Waals surface area contributed by atoms with Crippen molar-refractivity contribution in [3.8, 4) is 5.75 Å². The molecule has 1 fully saturated rings. The maximum absolute atomic E-state index is 6.31. The van der Waals surface area contributed by atoms with E-state index in [1.54, 1.807) is 0 Å². The van der Waals surface area contributed by atoms with E-state index in [2.05, 4.69) is 45.0 Å². The van der Waals surface area contributed by atoms with Crippen LogP contribution in [0.1, 0.15) is 45.6 Å². The molecule has 2 aromatic rings. The fourth-order valence-electron chi connectivity index (χ4n) is 3.73. The van der Waals surface area contributed by atoms with Gasteiger partial charge in [-0.15, -0.1) is 0 Å². The molecule has 126 valence electrons. The third kappa shape index (κ3) is 2.29. The zero-order chi connectivity index (χ0) is 16.8. The number of nitrogen functional groups attached to an aromatic ring is 1. The predicted octanol–water partition coefficient (Wildman–Crippen LogP) is 3.76. The van der Waals surface area contributed by atoms with Crippen LogP contribution in [-0.4, -0.2) is 19.8 Å². The van der Waals surface area contributed by atoms with Gasteiger partial charge >= 0.3 is 0 Å². The number of fused-ring (bicyclic) bond motifs is 1. The molecule has 0 radical (unpaired) electrons. The smallest absolute Gasteiger partial charge is 0.184 e. The Kier molecular flexibility index (Phi) is 3.74. The summed E-state index contributed by atoms with van der Waals surface area (Å²) < 4.78 is 17.2. The fourth-order valence-corrected chi connectivity index (χ4v) is 3.73. The maximum atomic E-state index is 6.31. The summed E-state index contributed by atoms with van der Waals surface area (Å²) in [5.74, 6) is 1.23. The van der Waals surface area contributed by atoms with Gasteiger partial charge in [0.2, 0.25) is 0 Å². The minimum absolute atomic E-state index is 0.223. The molecule has 4 nitrogen and oxygen atoms in total. The molecule has 4 rings (SSSR count). The lowest BCUT2D eigenvalue weighted by Crippen LogP contribution is -2.06. The summed E-state index contributed by atoms with van der Waals surface area (Å²) in [6.07, 6.45) is -0.228. The summed E-state index contributed by atoms with van der Waals surface area (Å²) in [7, 11) is 0. The van der Waals surface area contributed by atoms with Crippen molar-refractivity contribution in [2.75, 3.05) is 25.6 Å². The Morgan fingerprint density at radius 2 is 1.50 bits per heavy atom. The van der Waals surface area contributed by atoms with E-state index in [4.69, 9.17) is 19.9 Å². The number of hydrogen-bond acceptors (Lipinski definition) is 4. The Bertz CT molecular complexity index is 777. The molecule has 1 atom stereocenters. The Labute approximate surface area is 142 Å².